The van der Waals surface area contributed by atoms with E-state index in [1.54, 1.807) is 27.2 Å². The van der Waals surface area contributed by atoms with Gasteiger partial charge < -0.3 is 14.8 Å². The zero-order chi connectivity index (χ0) is 15.0. The van der Waals surface area contributed by atoms with E-state index in [0.717, 1.165) is 33.6 Å². The third-order valence-electron chi connectivity index (χ3n) is 3.57. The van der Waals surface area contributed by atoms with Gasteiger partial charge in [0.25, 0.3) is 0 Å². The first-order valence-electron chi connectivity index (χ1n) is 6.84. The Balaban J connectivity index is 2.26. The lowest BCUT2D eigenvalue weighted by Gasteiger charge is -2.14. The predicted octanol–water partition coefficient (Wildman–Crippen LogP) is 3.47. The van der Waals surface area contributed by atoms with Crippen LogP contribution in [-0.4, -0.2) is 22.2 Å². The molecule has 0 aliphatic heterocycles. The Labute approximate surface area is 123 Å². The molecule has 0 saturated heterocycles. The number of rotatable bonds is 3. The minimum absolute atomic E-state index is 0.765. The zero-order valence-electron chi connectivity index (χ0n) is 12.3. The van der Waals surface area contributed by atoms with E-state index in [4.69, 9.17) is 4.74 Å². The standard InChI is InChI=1S/C17H18N2O2/c1-17(2,20)15-10-12-13(19-15)8-9-18-16(12)11-6-4-5-7-14(11)21-3/h4-10,19-20H,1-3H3. The molecule has 0 fully saturated rings. The summed E-state index contributed by atoms with van der Waals surface area (Å²) in [7, 11) is 1.65. The fourth-order valence-corrected chi connectivity index (χ4v) is 2.44. The Morgan fingerprint density at radius 2 is 1.95 bits per heavy atom. The van der Waals surface area contributed by atoms with Crippen molar-refractivity contribution < 1.29 is 9.84 Å². The number of nitrogens with zero attached hydrogens (tertiary/aromatic N) is 1. The van der Waals surface area contributed by atoms with Gasteiger partial charge in [-0.2, -0.15) is 0 Å². The van der Waals surface area contributed by atoms with E-state index in [2.05, 4.69) is 9.97 Å². The number of aromatic amines is 1. The highest BCUT2D eigenvalue weighted by Crippen LogP contribution is 2.34. The maximum Gasteiger partial charge on any atom is 0.128 e. The Morgan fingerprint density at radius 1 is 1.19 bits per heavy atom. The van der Waals surface area contributed by atoms with E-state index < -0.39 is 5.60 Å². The molecule has 0 saturated carbocycles. The first kappa shape index (κ1) is 13.6. The third kappa shape index (κ3) is 2.38. The molecule has 2 N–H and O–H groups in total. The Hall–Kier alpha value is -2.33. The van der Waals surface area contributed by atoms with Crippen LogP contribution < -0.4 is 4.74 Å². The molecule has 2 aromatic heterocycles. The minimum Gasteiger partial charge on any atom is -0.496 e. The molecule has 21 heavy (non-hydrogen) atoms. The molecule has 0 aliphatic rings. The van der Waals surface area contributed by atoms with Crippen molar-refractivity contribution in [2.24, 2.45) is 0 Å². The van der Waals surface area contributed by atoms with Crippen molar-refractivity contribution in [1.29, 1.82) is 0 Å². The highest BCUT2D eigenvalue weighted by molar-refractivity contribution is 5.94. The molecule has 3 rings (SSSR count). The van der Waals surface area contributed by atoms with Crippen molar-refractivity contribution in [2.45, 2.75) is 19.4 Å². The molecule has 4 nitrogen and oxygen atoms in total. The third-order valence-corrected chi connectivity index (χ3v) is 3.57. The number of methoxy groups -OCH3 is 1. The fraction of sp³-hybridized carbons (Fsp3) is 0.235. The zero-order valence-corrected chi connectivity index (χ0v) is 12.3. The van der Waals surface area contributed by atoms with E-state index in [-0.39, 0.29) is 0 Å². The molecule has 0 radical (unpaired) electrons. The highest BCUT2D eigenvalue weighted by Gasteiger charge is 2.20. The molecule has 0 spiro atoms. The quantitative estimate of drug-likeness (QED) is 0.773. The topological polar surface area (TPSA) is 58.1 Å². The second kappa shape index (κ2) is 4.90. The summed E-state index contributed by atoms with van der Waals surface area (Å²) in [5.41, 5.74) is 2.57. The lowest BCUT2D eigenvalue weighted by molar-refractivity contribution is 0.0747. The number of hydrogen-bond donors (Lipinski definition) is 2. The maximum atomic E-state index is 10.2. The van der Waals surface area contributed by atoms with E-state index in [1.165, 1.54) is 0 Å². The van der Waals surface area contributed by atoms with Gasteiger partial charge in [-0.3, -0.25) is 4.98 Å². The van der Waals surface area contributed by atoms with Gasteiger partial charge in [-0.05, 0) is 38.1 Å². The molecule has 2 heterocycles. The van der Waals surface area contributed by atoms with Crippen LogP contribution in [0.5, 0.6) is 5.75 Å². The van der Waals surface area contributed by atoms with Gasteiger partial charge in [0.05, 0.1) is 18.4 Å². The summed E-state index contributed by atoms with van der Waals surface area (Å²) in [5, 5.41) is 11.1. The average Bonchev–Trinajstić information content (AvgIpc) is 2.91. The van der Waals surface area contributed by atoms with Crippen LogP contribution in [0.4, 0.5) is 0 Å². The van der Waals surface area contributed by atoms with Gasteiger partial charge in [-0.1, -0.05) is 12.1 Å². The normalized spacial score (nSPS) is 11.8. The Bertz CT molecular complexity index is 785. The van der Waals surface area contributed by atoms with Crippen molar-refractivity contribution in [3.05, 3.63) is 48.3 Å². The molecule has 0 amide bonds. The van der Waals surface area contributed by atoms with E-state index in [1.807, 2.05) is 36.4 Å². The Kier molecular flexibility index (Phi) is 3.18. The summed E-state index contributed by atoms with van der Waals surface area (Å²) in [6.07, 6.45) is 1.76. The summed E-state index contributed by atoms with van der Waals surface area (Å²) in [5.74, 6) is 0.781. The number of aliphatic hydroxyl groups is 1. The number of pyridine rings is 1. The highest BCUT2D eigenvalue weighted by atomic mass is 16.5. The number of fused-ring (bicyclic) bond motifs is 1. The Morgan fingerprint density at radius 3 is 2.67 bits per heavy atom. The maximum absolute atomic E-state index is 10.2. The van der Waals surface area contributed by atoms with Gasteiger partial charge in [0.2, 0.25) is 0 Å². The molecule has 0 bridgehead atoms. The van der Waals surface area contributed by atoms with Crippen LogP contribution in [0.15, 0.2) is 42.6 Å². The molecular weight excluding hydrogens is 264 g/mol. The molecule has 0 unspecified atom stereocenters. The molecular formula is C17H18N2O2. The molecule has 3 aromatic rings. The lowest BCUT2D eigenvalue weighted by atomic mass is 10.0. The van der Waals surface area contributed by atoms with E-state index in [9.17, 15) is 5.11 Å². The minimum atomic E-state index is -0.920. The van der Waals surface area contributed by atoms with Gasteiger partial charge >= 0.3 is 0 Å². The van der Waals surface area contributed by atoms with Gasteiger partial charge in [-0.15, -0.1) is 0 Å². The van der Waals surface area contributed by atoms with Gasteiger partial charge in [0, 0.05) is 28.4 Å². The van der Waals surface area contributed by atoms with Gasteiger partial charge in [0.1, 0.15) is 5.75 Å². The largest absolute Gasteiger partial charge is 0.496 e. The monoisotopic (exact) mass is 282 g/mol. The van der Waals surface area contributed by atoms with Crippen LogP contribution >= 0.6 is 0 Å². The lowest BCUT2D eigenvalue weighted by Crippen LogP contribution is -2.15. The number of ether oxygens (including phenoxy) is 1. The fourth-order valence-electron chi connectivity index (χ4n) is 2.44. The first-order chi connectivity index (χ1) is 10.0. The summed E-state index contributed by atoms with van der Waals surface area (Å²) in [6.45, 7) is 3.52. The SMILES string of the molecule is COc1ccccc1-c1nccc2[nH]c(C(C)(C)O)cc12. The number of aromatic nitrogens is 2. The summed E-state index contributed by atoms with van der Waals surface area (Å²) in [6, 6.07) is 11.6. The van der Waals surface area contributed by atoms with E-state index >= 15 is 0 Å². The van der Waals surface area contributed by atoms with Crippen molar-refractivity contribution in [3.63, 3.8) is 0 Å². The molecule has 1 aromatic carbocycles. The van der Waals surface area contributed by atoms with Crippen molar-refractivity contribution in [3.8, 4) is 17.0 Å². The average molecular weight is 282 g/mol. The van der Waals surface area contributed by atoms with Crippen LogP contribution in [0, 0.1) is 0 Å². The number of para-hydroxylation sites is 1. The summed E-state index contributed by atoms with van der Waals surface area (Å²) in [4.78, 5) is 7.75. The first-order valence-corrected chi connectivity index (χ1v) is 6.84. The summed E-state index contributed by atoms with van der Waals surface area (Å²) < 4.78 is 5.42. The van der Waals surface area contributed by atoms with E-state index in [0.29, 0.717) is 0 Å². The second-order valence-electron chi connectivity index (χ2n) is 5.56. The predicted molar refractivity (Wildman–Crippen MR) is 83.3 cm³/mol. The van der Waals surface area contributed by atoms with Crippen molar-refractivity contribution in [2.75, 3.05) is 7.11 Å². The number of nitrogens with one attached hydrogen (secondary N) is 1. The van der Waals surface area contributed by atoms with Crippen LogP contribution in [0.1, 0.15) is 19.5 Å². The van der Waals surface area contributed by atoms with Crippen LogP contribution in [0.25, 0.3) is 22.2 Å². The number of benzene rings is 1. The van der Waals surface area contributed by atoms with Crippen molar-refractivity contribution >= 4 is 10.9 Å². The van der Waals surface area contributed by atoms with Crippen LogP contribution in [0.3, 0.4) is 0 Å². The van der Waals surface area contributed by atoms with Crippen LogP contribution in [0.2, 0.25) is 0 Å². The smallest absolute Gasteiger partial charge is 0.128 e. The van der Waals surface area contributed by atoms with Crippen molar-refractivity contribution in [1.82, 2.24) is 9.97 Å². The molecule has 4 heteroatoms. The number of H-pyrrole nitrogens is 1. The molecule has 108 valence electrons. The molecule has 0 atom stereocenters. The van der Waals surface area contributed by atoms with Gasteiger partial charge in [-0.25, -0.2) is 0 Å². The summed E-state index contributed by atoms with van der Waals surface area (Å²) >= 11 is 0. The van der Waals surface area contributed by atoms with Crippen LogP contribution in [-0.2, 0) is 5.60 Å². The molecule has 0 aliphatic carbocycles. The van der Waals surface area contributed by atoms with Gasteiger partial charge in [0.15, 0.2) is 0 Å². The number of hydrogen-bond acceptors (Lipinski definition) is 3. The second-order valence-corrected chi connectivity index (χ2v) is 5.56.